The van der Waals surface area contributed by atoms with Gasteiger partial charge in [0.25, 0.3) is 0 Å². The molecule has 1 heterocycles. The van der Waals surface area contributed by atoms with Gasteiger partial charge in [-0.15, -0.1) is 0 Å². The summed E-state index contributed by atoms with van der Waals surface area (Å²) < 4.78 is 10.6. The maximum atomic E-state index is 11.2. The van der Waals surface area contributed by atoms with E-state index >= 15 is 0 Å². The van der Waals surface area contributed by atoms with Crippen molar-refractivity contribution < 1.29 is 14.3 Å². The molecule has 0 fully saturated rings. The zero-order valence-electron chi connectivity index (χ0n) is 10.4. The molecule has 1 atom stereocenters. The minimum absolute atomic E-state index is 0.0817. The van der Waals surface area contributed by atoms with E-state index in [1.165, 1.54) is 0 Å². The second-order valence-electron chi connectivity index (χ2n) is 4.37. The molecule has 92 valence electrons. The smallest absolute Gasteiger partial charge is 0.231 e. The molecule has 1 unspecified atom stereocenters. The van der Waals surface area contributed by atoms with Crippen molar-refractivity contribution in [1.82, 2.24) is 4.90 Å². The standard InChI is InChI=1S/C13H17NO3/c1-9(14(3)10(2)15)6-11-4-5-12-13(7-11)17-8-16-12/h4-5,7,9H,6,8H2,1-3H3. The SMILES string of the molecule is CC(=O)N(C)C(C)Cc1ccc2c(c1)OCO2. The Labute approximate surface area is 101 Å². The molecule has 0 radical (unpaired) electrons. The summed E-state index contributed by atoms with van der Waals surface area (Å²) >= 11 is 0. The normalized spacial score (nSPS) is 14.5. The summed E-state index contributed by atoms with van der Waals surface area (Å²) in [6.45, 7) is 3.91. The van der Waals surface area contributed by atoms with Crippen LogP contribution >= 0.6 is 0 Å². The molecule has 0 aliphatic carbocycles. The topological polar surface area (TPSA) is 38.8 Å². The van der Waals surface area contributed by atoms with Gasteiger partial charge in [0.05, 0.1) is 0 Å². The Bertz CT molecular complexity index is 431. The summed E-state index contributed by atoms with van der Waals surface area (Å²) in [5.41, 5.74) is 1.15. The number of benzene rings is 1. The van der Waals surface area contributed by atoms with Crippen LogP contribution in [0.4, 0.5) is 0 Å². The number of hydrogen-bond acceptors (Lipinski definition) is 3. The van der Waals surface area contributed by atoms with Crippen LogP contribution in [0.25, 0.3) is 0 Å². The number of hydrogen-bond donors (Lipinski definition) is 0. The number of ether oxygens (including phenoxy) is 2. The first-order valence-electron chi connectivity index (χ1n) is 5.70. The predicted molar refractivity (Wildman–Crippen MR) is 64.2 cm³/mol. The second kappa shape index (κ2) is 4.65. The Kier molecular flexibility index (Phi) is 3.22. The minimum Gasteiger partial charge on any atom is -0.454 e. The molecule has 1 amide bonds. The van der Waals surface area contributed by atoms with Crippen molar-refractivity contribution in [3.05, 3.63) is 23.8 Å². The number of nitrogens with zero attached hydrogens (tertiary/aromatic N) is 1. The number of likely N-dealkylation sites (N-methyl/N-ethyl adjacent to an activating group) is 1. The summed E-state index contributed by atoms with van der Waals surface area (Å²) in [6, 6.07) is 6.08. The van der Waals surface area contributed by atoms with Crippen molar-refractivity contribution >= 4 is 5.91 Å². The molecule has 1 aromatic rings. The maximum absolute atomic E-state index is 11.2. The van der Waals surface area contributed by atoms with E-state index in [0.717, 1.165) is 23.5 Å². The van der Waals surface area contributed by atoms with E-state index in [1.54, 1.807) is 11.8 Å². The molecule has 0 saturated heterocycles. The Balaban J connectivity index is 2.06. The third kappa shape index (κ3) is 2.52. The number of carbonyl (C=O) groups is 1. The van der Waals surface area contributed by atoms with E-state index in [0.29, 0.717) is 6.79 Å². The largest absolute Gasteiger partial charge is 0.454 e. The van der Waals surface area contributed by atoms with Crippen LogP contribution in [0.2, 0.25) is 0 Å². The summed E-state index contributed by atoms with van der Waals surface area (Å²) in [5.74, 6) is 1.67. The van der Waals surface area contributed by atoms with Crippen molar-refractivity contribution in [2.45, 2.75) is 26.3 Å². The Morgan fingerprint density at radius 2 is 2.12 bits per heavy atom. The van der Waals surface area contributed by atoms with Crippen LogP contribution < -0.4 is 9.47 Å². The summed E-state index contributed by atoms with van der Waals surface area (Å²) in [6.07, 6.45) is 0.812. The van der Waals surface area contributed by atoms with E-state index in [1.807, 2.05) is 32.2 Å². The molecule has 0 N–H and O–H groups in total. The first-order chi connectivity index (χ1) is 8.08. The van der Waals surface area contributed by atoms with Gasteiger partial charge in [0.1, 0.15) is 0 Å². The fraction of sp³-hybridized carbons (Fsp3) is 0.462. The Hall–Kier alpha value is -1.71. The number of fused-ring (bicyclic) bond motifs is 1. The molecule has 4 heteroatoms. The fourth-order valence-corrected chi connectivity index (χ4v) is 1.86. The maximum Gasteiger partial charge on any atom is 0.231 e. The van der Waals surface area contributed by atoms with Crippen LogP contribution in [0.3, 0.4) is 0 Å². The first kappa shape index (κ1) is 11.8. The highest BCUT2D eigenvalue weighted by molar-refractivity contribution is 5.73. The lowest BCUT2D eigenvalue weighted by molar-refractivity contribution is -0.129. The first-order valence-corrected chi connectivity index (χ1v) is 5.70. The zero-order valence-corrected chi connectivity index (χ0v) is 10.4. The van der Waals surface area contributed by atoms with E-state index < -0.39 is 0 Å². The highest BCUT2D eigenvalue weighted by atomic mass is 16.7. The average molecular weight is 235 g/mol. The summed E-state index contributed by atoms with van der Waals surface area (Å²) in [7, 11) is 1.82. The van der Waals surface area contributed by atoms with Gasteiger partial charge in [-0.05, 0) is 31.0 Å². The molecule has 4 nitrogen and oxygen atoms in total. The number of amides is 1. The van der Waals surface area contributed by atoms with Crippen LogP contribution in [-0.4, -0.2) is 30.7 Å². The van der Waals surface area contributed by atoms with Crippen molar-refractivity contribution in [2.75, 3.05) is 13.8 Å². The molecule has 0 spiro atoms. The zero-order chi connectivity index (χ0) is 12.4. The van der Waals surface area contributed by atoms with Gasteiger partial charge >= 0.3 is 0 Å². The van der Waals surface area contributed by atoms with Gasteiger partial charge in [0.15, 0.2) is 11.5 Å². The highest BCUT2D eigenvalue weighted by Crippen LogP contribution is 2.32. The van der Waals surface area contributed by atoms with Gasteiger partial charge in [-0.3, -0.25) is 4.79 Å². The van der Waals surface area contributed by atoms with Crippen LogP contribution in [0.15, 0.2) is 18.2 Å². The second-order valence-corrected chi connectivity index (χ2v) is 4.37. The molecular weight excluding hydrogens is 218 g/mol. The molecule has 1 aliphatic rings. The lowest BCUT2D eigenvalue weighted by Gasteiger charge is -2.23. The van der Waals surface area contributed by atoms with Gasteiger partial charge in [0.2, 0.25) is 12.7 Å². The van der Waals surface area contributed by atoms with E-state index in [-0.39, 0.29) is 11.9 Å². The van der Waals surface area contributed by atoms with Gasteiger partial charge in [-0.1, -0.05) is 6.07 Å². The summed E-state index contributed by atoms with van der Waals surface area (Å²) in [4.78, 5) is 13.0. The van der Waals surface area contributed by atoms with Crippen LogP contribution in [-0.2, 0) is 11.2 Å². The number of carbonyl (C=O) groups excluding carboxylic acids is 1. The fourth-order valence-electron chi connectivity index (χ4n) is 1.86. The molecule has 2 rings (SSSR count). The third-order valence-electron chi connectivity index (χ3n) is 3.13. The van der Waals surface area contributed by atoms with Crippen molar-refractivity contribution in [2.24, 2.45) is 0 Å². The van der Waals surface area contributed by atoms with Crippen molar-refractivity contribution in [3.8, 4) is 11.5 Å². The highest BCUT2D eigenvalue weighted by Gasteiger charge is 2.16. The Morgan fingerprint density at radius 1 is 1.41 bits per heavy atom. The lowest BCUT2D eigenvalue weighted by Crippen LogP contribution is -2.34. The summed E-state index contributed by atoms with van der Waals surface area (Å²) in [5, 5.41) is 0. The number of rotatable bonds is 3. The molecule has 0 aromatic heterocycles. The van der Waals surface area contributed by atoms with E-state index in [4.69, 9.17) is 9.47 Å². The van der Waals surface area contributed by atoms with Crippen molar-refractivity contribution in [1.29, 1.82) is 0 Å². The van der Waals surface area contributed by atoms with Gasteiger partial charge in [0, 0.05) is 20.0 Å². The van der Waals surface area contributed by atoms with Gasteiger partial charge in [-0.2, -0.15) is 0 Å². The van der Waals surface area contributed by atoms with Gasteiger partial charge in [-0.25, -0.2) is 0 Å². The van der Waals surface area contributed by atoms with Gasteiger partial charge < -0.3 is 14.4 Å². The molecular formula is C13H17NO3. The molecule has 1 aliphatic heterocycles. The third-order valence-corrected chi connectivity index (χ3v) is 3.13. The quantitative estimate of drug-likeness (QED) is 0.802. The predicted octanol–water partition coefficient (Wildman–Crippen LogP) is 1.82. The van der Waals surface area contributed by atoms with E-state index in [2.05, 4.69) is 0 Å². The lowest BCUT2D eigenvalue weighted by atomic mass is 10.1. The van der Waals surface area contributed by atoms with Crippen molar-refractivity contribution in [3.63, 3.8) is 0 Å². The monoisotopic (exact) mass is 235 g/mol. The molecule has 1 aromatic carbocycles. The Morgan fingerprint density at radius 3 is 2.82 bits per heavy atom. The minimum atomic E-state index is 0.0817. The van der Waals surface area contributed by atoms with E-state index in [9.17, 15) is 4.79 Å². The van der Waals surface area contributed by atoms with Crippen LogP contribution in [0.1, 0.15) is 19.4 Å². The van der Waals surface area contributed by atoms with Crippen LogP contribution in [0.5, 0.6) is 11.5 Å². The molecule has 17 heavy (non-hydrogen) atoms. The molecule has 0 saturated carbocycles. The molecule has 0 bridgehead atoms. The average Bonchev–Trinajstić information content (AvgIpc) is 2.74. The van der Waals surface area contributed by atoms with Crippen LogP contribution in [0, 0.1) is 0 Å².